The highest BCUT2D eigenvalue weighted by molar-refractivity contribution is 6.04. The lowest BCUT2D eigenvalue weighted by Crippen LogP contribution is -2.22. The van der Waals surface area contributed by atoms with Gasteiger partial charge in [-0.1, -0.05) is 29.4 Å². The zero-order chi connectivity index (χ0) is 24.4. The van der Waals surface area contributed by atoms with E-state index < -0.39 is 0 Å². The molecule has 2 N–H and O–H groups in total. The van der Waals surface area contributed by atoms with Gasteiger partial charge in [-0.2, -0.15) is 0 Å². The molecule has 0 saturated heterocycles. The molecule has 1 aliphatic carbocycles. The van der Waals surface area contributed by atoms with Gasteiger partial charge < -0.3 is 19.8 Å². The standard InChI is InChI=1S/C28H26N4O3/c1-32(2)22-7-3-18(4-8-22)17-30-28(33)26-16-24(19-11-13-29-14-12-19)27(35-26)21-5-9-23-20(15-21)6-10-25(23)31-34/h3-5,7-9,11-16,34H,6,10,17H2,1-2H3,(H,30,33)/b31-25-. The van der Waals surface area contributed by atoms with E-state index in [1.54, 1.807) is 18.5 Å². The van der Waals surface area contributed by atoms with E-state index in [-0.39, 0.29) is 11.7 Å². The van der Waals surface area contributed by atoms with E-state index in [4.69, 9.17) is 4.42 Å². The molecule has 176 valence electrons. The molecule has 0 spiro atoms. The maximum Gasteiger partial charge on any atom is 0.287 e. The Balaban J connectivity index is 1.44. The molecule has 0 fully saturated rings. The number of pyridine rings is 1. The predicted octanol–water partition coefficient (Wildman–Crippen LogP) is 5.13. The van der Waals surface area contributed by atoms with Crippen LogP contribution in [0.5, 0.6) is 0 Å². The van der Waals surface area contributed by atoms with Gasteiger partial charge in [0.1, 0.15) is 5.76 Å². The fourth-order valence-electron chi connectivity index (χ4n) is 4.36. The van der Waals surface area contributed by atoms with Crippen molar-refractivity contribution < 1.29 is 14.4 Å². The van der Waals surface area contributed by atoms with Gasteiger partial charge in [0.2, 0.25) is 0 Å². The van der Waals surface area contributed by atoms with E-state index in [9.17, 15) is 10.0 Å². The number of oxime groups is 1. The summed E-state index contributed by atoms with van der Waals surface area (Å²) in [6.07, 6.45) is 4.94. The molecule has 0 bridgehead atoms. The monoisotopic (exact) mass is 466 g/mol. The number of hydrogen-bond donors (Lipinski definition) is 2. The highest BCUT2D eigenvalue weighted by atomic mass is 16.4. The van der Waals surface area contributed by atoms with E-state index in [1.807, 2.05) is 73.6 Å². The molecular formula is C28H26N4O3. The third-order valence-corrected chi connectivity index (χ3v) is 6.28. The molecule has 5 rings (SSSR count). The molecule has 0 unspecified atom stereocenters. The maximum absolute atomic E-state index is 13.0. The number of carbonyl (C=O) groups is 1. The largest absolute Gasteiger partial charge is 0.450 e. The second-order valence-electron chi connectivity index (χ2n) is 8.75. The number of furan rings is 1. The molecule has 35 heavy (non-hydrogen) atoms. The average molecular weight is 467 g/mol. The lowest BCUT2D eigenvalue weighted by Gasteiger charge is -2.12. The lowest BCUT2D eigenvalue weighted by atomic mass is 9.99. The number of benzene rings is 2. The van der Waals surface area contributed by atoms with Gasteiger partial charge in [0.25, 0.3) is 5.91 Å². The SMILES string of the molecule is CN(C)c1ccc(CNC(=O)c2cc(-c3ccncc3)c(-c3ccc4c(c3)CC/C4=N/O)o2)cc1. The molecule has 2 aromatic carbocycles. The highest BCUT2D eigenvalue weighted by Gasteiger charge is 2.23. The van der Waals surface area contributed by atoms with Gasteiger partial charge in [-0.25, -0.2) is 0 Å². The number of amides is 1. The maximum atomic E-state index is 13.0. The second-order valence-corrected chi connectivity index (χ2v) is 8.75. The minimum Gasteiger partial charge on any atom is -0.450 e. The molecule has 0 atom stereocenters. The Morgan fingerprint density at radius 2 is 1.77 bits per heavy atom. The Labute approximate surface area is 203 Å². The van der Waals surface area contributed by atoms with E-state index in [2.05, 4.69) is 15.5 Å². The first-order valence-electron chi connectivity index (χ1n) is 11.5. The number of nitrogens with zero attached hydrogens (tertiary/aromatic N) is 3. The predicted molar refractivity (Wildman–Crippen MR) is 136 cm³/mol. The lowest BCUT2D eigenvalue weighted by molar-refractivity contribution is 0.0924. The molecule has 2 heterocycles. The van der Waals surface area contributed by atoms with Crippen LogP contribution in [0.4, 0.5) is 5.69 Å². The van der Waals surface area contributed by atoms with Crippen molar-refractivity contribution >= 4 is 17.3 Å². The van der Waals surface area contributed by atoms with Crippen LogP contribution in [0.2, 0.25) is 0 Å². The van der Waals surface area contributed by atoms with Crippen LogP contribution in [-0.2, 0) is 13.0 Å². The topological polar surface area (TPSA) is 91.0 Å². The van der Waals surface area contributed by atoms with Crippen molar-refractivity contribution in [3.8, 4) is 22.5 Å². The van der Waals surface area contributed by atoms with E-state index in [1.165, 1.54) is 0 Å². The van der Waals surface area contributed by atoms with Gasteiger partial charge in [0, 0.05) is 55.4 Å². The van der Waals surface area contributed by atoms with E-state index in [0.29, 0.717) is 24.4 Å². The van der Waals surface area contributed by atoms with Crippen LogP contribution in [0.3, 0.4) is 0 Å². The summed E-state index contributed by atoms with van der Waals surface area (Å²) in [7, 11) is 3.98. The summed E-state index contributed by atoms with van der Waals surface area (Å²) < 4.78 is 6.15. The first-order valence-corrected chi connectivity index (χ1v) is 11.5. The molecule has 2 aromatic heterocycles. The van der Waals surface area contributed by atoms with Crippen LogP contribution >= 0.6 is 0 Å². The number of anilines is 1. The summed E-state index contributed by atoms with van der Waals surface area (Å²) in [4.78, 5) is 19.2. The highest BCUT2D eigenvalue weighted by Crippen LogP contribution is 2.37. The van der Waals surface area contributed by atoms with Crippen LogP contribution in [-0.4, -0.2) is 35.9 Å². The summed E-state index contributed by atoms with van der Waals surface area (Å²) >= 11 is 0. The van der Waals surface area contributed by atoms with Crippen molar-refractivity contribution in [2.24, 2.45) is 5.16 Å². The number of nitrogens with one attached hydrogen (secondary N) is 1. The summed E-state index contributed by atoms with van der Waals surface area (Å²) in [6, 6.07) is 19.5. The first-order chi connectivity index (χ1) is 17.0. The van der Waals surface area contributed by atoms with Crippen molar-refractivity contribution in [1.29, 1.82) is 0 Å². The molecule has 0 saturated carbocycles. The van der Waals surface area contributed by atoms with Crippen molar-refractivity contribution in [3.05, 3.63) is 95.5 Å². The second kappa shape index (κ2) is 9.46. The minimum absolute atomic E-state index is 0.245. The van der Waals surface area contributed by atoms with Gasteiger partial charge in [-0.15, -0.1) is 0 Å². The van der Waals surface area contributed by atoms with Crippen LogP contribution in [0.1, 0.15) is 33.7 Å². The van der Waals surface area contributed by atoms with Gasteiger partial charge >= 0.3 is 0 Å². The van der Waals surface area contributed by atoms with Crippen molar-refractivity contribution in [2.45, 2.75) is 19.4 Å². The zero-order valence-corrected chi connectivity index (χ0v) is 19.7. The number of hydrogen-bond acceptors (Lipinski definition) is 6. The third kappa shape index (κ3) is 4.53. The fraction of sp³-hybridized carbons (Fsp3) is 0.179. The molecule has 1 amide bonds. The van der Waals surface area contributed by atoms with Gasteiger partial charge in [0.15, 0.2) is 5.76 Å². The smallest absolute Gasteiger partial charge is 0.287 e. The number of fused-ring (bicyclic) bond motifs is 1. The van der Waals surface area contributed by atoms with Crippen LogP contribution in [0.15, 0.2) is 82.6 Å². The third-order valence-electron chi connectivity index (χ3n) is 6.28. The van der Waals surface area contributed by atoms with Gasteiger partial charge in [0.05, 0.1) is 5.71 Å². The minimum atomic E-state index is -0.279. The first kappa shape index (κ1) is 22.4. The molecule has 0 radical (unpaired) electrons. The van der Waals surface area contributed by atoms with Crippen molar-refractivity contribution in [1.82, 2.24) is 10.3 Å². The van der Waals surface area contributed by atoms with Gasteiger partial charge in [-0.3, -0.25) is 9.78 Å². The Hall–Kier alpha value is -4.39. The quantitative estimate of drug-likeness (QED) is 0.304. The molecule has 4 aromatic rings. The number of rotatable bonds is 6. The summed E-state index contributed by atoms with van der Waals surface area (Å²) in [6.45, 7) is 0.398. The zero-order valence-electron chi connectivity index (χ0n) is 19.7. The van der Waals surface area contributed by atoms with Crippen LogP contribution in [0.25, 0.3) is 22.5 Å². The summed E-state index contributed by atoms with van der Waals surface area (Å²) in [5.74, 6) is 0.586. The van der Waals surface area contributed by atoms with Crippen molar-refractivity contribution in [2.75, 3.05) is 19.0 Å². The molecule has 7 heteroatoms. The fourth-order valence-corrected chi connectivity index (χ4v) is 4.36. The average Bonchev–Trinajstić information content (AvgIpc) is 3.52. The van der Waals surface area contributed by atoms with Gasteiger partial charge in [-0.05, 0) is 65.9 Å². The normalized spacial score (nSPS) is 13.6. The molecule has 7 nitrogen and oxygen atoms in total. The Morgan fingerprint density at radius 3 is 2.49 bits per heavy atom. The summed E-state index contributed by atoms with van der Waals surface area (Å²) in [5, 5.41) is 15.6. The molecule has 0 aliphatic heterocycles. The van der Waals surface area contributed by atoms with Crippen LogP contribution < -0.4 is 10.2 Å². The van der Waals surface area contributed by atoms with E-state index in [0.717, 1.165) is 45.5 Å². The molecule has 1 aliphatic rings. The Kier molecular flexibility index (Phi) is 6.06. The summed E-state index contributed by atoms with van der Waals surface area (Å²) in [5.41, 5.74) is 7.45. The number of aromatic nitrogens is 1. The number of aryl methyl sites for hydroxylation is 1. The van der Waals surface area contributed by atoms with Crippen LogP contribution in [0, 0.1) is 0 Å². The van der Waals surface area contributed by atoms with E-state index >= 15 is 0 Å². The Morgan fingerprint density at radius 1 is 1.00 bits per heavy atom. The van der Waals surface area contributed by atoms with Crippen molar-refractivity contribution in [3.63, 3.8) is 0 Å². The Bertz CT molecular complexity index is 1390. The molecular weight excluding hydrogens is 440 g/mol. The number of carbonyl (C=O) groups excluding carboxylic acids is 1.